The van der Waals surface area contributed by atoms with Crippen molar-refractivity contribution in [3.63, 3.8) is 0 Å². The first-order valence-electron chi connectivity index (χ1n) is 9.37. The Kier molecular flexibility index (Phi) is 4.66. The molecule has 1 aromatic carbocycles. The standard InChI is InChI=1S/C21H23N3O4/c1-14-16(4-3-9-22-14)20(26)24-10-7-21(8-11-24)13-23-19(25)17-12-15(27-2)5-6-18(17)28-21/h3-6,9,12H,7-8,10-11,13H2,1-2H3,(H,23,25). The number of hydrogen-bond acceptors (Lipinski definition) is 5. The van der Waals surface area contributed by atoms with Gasteiger partial charge in [-0.1, -0.05) is 0 Å². The normalized spacial score (nSPS) is 17.9. The maximum atomic E-state index is 12.8. The highest BCUT2D eigenvalue weighted by Crippen LogP contribution is 2.34. The number of carbonyl (C=O) groups excluding carboxylic acids is 2. The van der Waals surface area contributed by atoms with Crippen LogP contribution in [0.25, 0.3) is 0 Å². The van der Waals surface area contributed by atoms with E-state index in [-0.39, 0.29) is 11.8 Å². The monoisotopic (exact) mass is 381 g/mol. The van der Waals surface area contributed by atoms with E-state index in [1.807, 2.05) is 11.8 Å². The Balaban J connectivity index is 1.51. The molecule has 1 fully saturated rings. The van der Waals surface area contributed by atoms with Crippen molar-refractivity contribution in [3.8, 4) is 11.5 Å². The largest absolute Gasteiger partial charge is 0.497 e. The van der Waals surface area contributed by atoms with Crippen LogP contribution in [0.1, 0.15) is 39.3 Å². The topological polar surface area (TPSA) is 80.8 Å². The minimum Gasteiger partial charge on any atom is -0.497 e. The van der Waals surface area contributed by atoms with E-state index in [2.05, 4.69) is 10.3 Å². The van der Waals surface area contributed by atoms with Crippen LogP contribution in [0.2, 0.25) is 0 Å². The molecule has 2 aliphatic rings. The highest BCUT2D eigenvalue weighted by molar-refractivity contribution is 5.98. The Hall–Kier alpha value is -3.09. The summed E-state index contributed by atoms with van der Waals surface area (Å²) in [7, 11) is 1.56. The molecule has 2 aromatic rings. The molecule has 0 bridgehead atoms. The predicted octanol–water partition coefficient (Wildman–Crippen LogP) is 2.20. The van der Waals surface area contributed by atoms with Crippen LogP contribution in [0.3, 0.4) is 0 Å². The average Bonchev–Trinajstić information content (AvgIpc) is 2.85. The second-order valence-electron chi connectivity index (χ2n) is 7.26. The van der Waals surface area contributed by atoms with Gasteiger partial charge in [0, 0.05) is 37.8 Å². The minimum atomic E-state index is -0.518. The van der Waals surface area contributed by atoms with Gasteiger partial charge < -0.3 is 19.7 Å². The smallest absolute Gasteiger partial charge is 0.255 e. The van der Waals surface area contributed by atoms with Gasteiger partial charge in [-0.25, -0.2) is 0 Å². The molecular weight excluding hydrogens is 358 g/mol. The molecule has 1 N–H and O–H groups in total. The van der Waals surface area contributed by atoms with Crippen molar-refractivity contribution < 1.29 is 19.1 Å². The maximum Gasteiger partial charge on any atom is 0.255 e. The van der Waals surface area contributed by atoms with Gasteiger partial charge in [0.2, 0.25) is 0 Å². The third kappa shape index (κ3) is 3.28. The Morgan fingerprint density at radius 3 is 2.79 bits per heavy atom. The quantitative estimate of drug-likeness (QED) is 0.863. The summed E-state index contributed by atoms with van der Waals surface area (Å²) in [5.41, 5.74) is 1.32. The second-order valence-corrected chi connectivity index (χ2v) is 7.26. The first-order valence-corrected chi connectivity index (χ1v) is 9.37. The number of hydrogen-bond donors (Lipinski definition) is 1. The van der Waals surface area contributed by atoms with E-state index in [0.717, 1.165) is 5.69 Å². The van der Waals surface area contributed by atoms with Crippen molar-refractivity contribution in [2.45, 2.75) is 25.4 Å². The summed E-state index contributed by atoms with van der Waals surface area (Å²) in [5.74, 6) is 0.984. The molecule has 2 amide bonds. The molecule has 4 rings (SSSR count). The fourth-order valence-corrected chi connectivity index (χ4v) is 3.79. The van der Waals surface area contributed by atoms with Crippen LogP contribution in [0.15, 0.2) is 36.5 Å². The molecule has 0 unspecified atom stereocenters. The summed E-state index contributed by atoms with van der Waals surface area (Å²) >= 11 is 0. The van der Waals surface area contributed by atoms with Gasteiger partial charge in [-0.05, 0) is 37.3 Å². The van der Waals surface area contributed by atoms with Crippen molar-refractivity contribution in [1.82, 2.24) is 15.2 Å². The van der Waals surface area contributed by atoms with Crippen LogP contribution < -0.4 is 14.8 Å². The SMILES string of the molecule is COc1ccc2c(c1)C(=O)NCC1(CCN(C(=O)c3cccnc3C)CC1)O2. The van der Waals surface area contributed by atoms with Crippen LogP contribution in [-0.2, 0) is 0 Å². The Labute approximate surface area is 163 Å². The maximum absolute atomic E-state index is 12.8. The molecule has 146 valence electrons. The zero-order chi connectivity index (χ0) is 19.7. The van der Waals surface area contributed by atoms with E-state index < -0.39 is 5.60 Å². The lowest BCUT2D eigenvalue weighted by atomic mass is 9.90. The highest BCUT2D eigenvalue weighted by atomic mass is 16.5. The number of amides is 2. The first-order chi connectivity index (χ1) is 13.5. The summed E-state index contributed by atoms with van der Waals surface area (Å²) < 4.78 is 11.5. The van der Waals surface area contributed by atoms with Crippen LogP contribution in [0, 0.1) is 6.92 Å². The number of nitrogens with one attached hydrogen (secondary N) is 1. The molecule has 0 atom stereocenters. The van der Waals surface area contributed by atoms with Crippen LogP contribution in [-0.4, -0.2) is 54.0 Å². The van der Waals surface area contributed by atoms with E-state index >= 15 is 0 Å². The number of pyridine rings is 1. The number of aromatic nitrogens is 1. The molecule has 3 heterocycles. The number of methoxy groups -OCH3 is 1. The van der Waals surface area contributed by atoms with Crippen LogP contribution >= 0.6 is 0 Å². The summed E-state index contributed by atoms with van der Waals surface area (Å²) in [5, 5.41) is 2.96. The number of likely N-dealkylation sites (tertiary alicyclic amines) is 1. The van der Waals surface area contributed by atoms with Crippen molar-refractivity contribution in [1.29, 1.82) is 0 Å². The fraction of sp³-hybridized carbons (Fsp3) is 0.381. The summed E-state index contributed by atoms with van der Waals surface area (Å²) in [4.78, 5) is 31.4. The number of piperidine rings is 1. The van der Waals surface area contributed by atoms with E-state index in [9.17, 15) is 9.59 Å². The Morgan fingerprint density at radius 2 is 2.07 bits per heavy atom. The van der Waals surface area contributed by atoms with Crippen LogP contribution in [0.4, 0.5) is 0 Å². The molecule has 1 spiro atoms. The lowest BCUT2D eigenvalue weighted by molar-refractivity contribution is 0.00765. The summed E-state index contributed by atoms with van der Waals surface area (Å²) in [6, 6.07) is 8.84. The van der Waals surface area contributed by atoms with Gasteiger partial charge in [-0.15, -0.1) is 0 Å². The fourth-order valence-electron chi connectivity index (χ4n) is 3.79. The first kappa shape index (κ1) is 18.3. The molecular formula is C21H23N3O4. The van der Waals surface area contributed by atoms with Gasteiger partial charge in [0.25, 0.3) is 11.8 Å². The molecule has 0 radical (unpaired) electrons. The number of rotatable bonds is 2. The zero-order valence-corrected chi connectivity index (χ0v) is 16.0. The van der Waals surface area contributed by atoms with Crippen molar-refractivity contribution in [2.24, 2.45) is 0 Å². The molecule has 28 heavy (non-hydrogen) atoms. The van der Waals surface area contributed by atoms with Crippen molar-refractivity contribution in [2.75, 3.05) is 26.7 Å². The number of fused-ring (bicyclic) bond motifs is 1. The minimum absolute atomic E-state index is 0.0109. The second kappa shape index (κ2) is 7.14. The van der Waals surface area contributed by atoms with Gasteiger partial charge in [0.05, 0.1) is 24.8 Å². The van der Waals surface area contributed by atoms with E-state index in [1.165, 1.54) is 0 Å². The molecule has 7 nitrogen and oxygen atoms in total. The Morgan fingerprint density at radius 1 is 1.29 bits per heavy atom. The molecule has 0 saturated carbocycles. The molecule has 1 saturated heterocycles. The molecule has 2 aliphatic heterocycles. The van der Waals surface area contributed by atoms with E-state index in [4.69, 9.17) is 9.47 Å². The number of carbonyl (C=O) groups is 2. The lowest BCUT2D eigenvalue weighted by Crippen LogP contribution is -2.54. The van der Waals surface area contributed by atoms with Gasteiger partial charge >= 0.3 is 0 Å². The number of ether oxygens (including phenoxy) is 2. The van der Waals surface area contributed by atoms with Gasteiger partial charge in [0.15, 0.2) is 0 Å². The van der Waals surface area contributed by atoms with Gasteiger partial charge in [0.1, 0.15) is 17.1 Å². The number of benzene rings is 1. The van der Waals surface area contributed by atoms with Crippen LogP contribution in [0.5, 0.6) is 11.5 Å². The van der Waals surface area contributed by atoms with Crippen molar-refractivity contribution in [3.05, 3.63) is 53.3 Å². The van der Waals surface area contributed by atoms with Crippen molar-refractivity contribution >= 4 is 11.8 Å². The molecule has 0 aliphatic carbocycles. The summed E-state index contributed by atoms with van der Waals surface area (Å²) in [6.45, 7) is 3.38. The summed E-state index contributed by atoms with van der Waals surface area (Å²) in [6.07, 6.45) is 2.97. The molecule has 1 aromatic heterocycles. The zero-order valence-electron chi connectivity index (χ0n) is 16.0. The Bertz CT molecular complexity index is 920. The lowest BCUT2D eigenvalue weighted by Gasteiger charge is -2.41. The van der Waals surface area contributed by atoms with E-state index in [1.54, 1.807) is 43.6 Å². The van der Waals surface area contributed by atoms with E-state index in [0.29, 0.717) is 55.1 Å². The third-order valence-electron chi connectivity index (χ3n) is 5.53. The van der Waals surface area contributed by atoms with Gasteiger partial charge in [-0.3, -0.25) is 14.6 Å². The predicted molar refractivity (Wildman–Crippen MR) is 103 cm³/mol. The number of nitrogens with zero attached hydrogens (tertiary/aromatic N) is 2. The molecule has 7 heteroatoms. The number of aryl methyl sites for hydroxylation is 1. The highest BCUT2D eigenvalue weighted by Gasteiger charge is 2.41. The average molecular weight is 381 g/mol. The third-order valence-corrected chi connectivity index (χ3v) is 5.53. The van der Waals surface area contributed by atoms with Gasteiger partial charge in [-0.2, -0.15) is 0 Å².